The molecule has 1 aromatic heterocycles. The molecule has 0 aliphatic rings. The second-order valence-corrected chi connectivity index (χ2v) is 3.58. The highest BCUT2D eigenvalue weighted by molar-refractivity contribution is 5.96. The molecule has 0 saturated carbocycles. The fourth-order valence-electron chi connectivity index (χ4n) is 1.40. The zero-order valence-corrected chi connectivity index (χ0v) is 10.6. The maximum atomic E-state index is 11.9. The summed E-state index contributed by atoms with van der Waals surface area (Å²) in [5.74, 6) is 0.188. The van der Waals surface area contributed by atoms with Crippen LogP contribution in [0.15, 0.2) is 18.3 Å². The molecule has 0 unspecified atom stereocenters. The molecule has 0 spiro atoms. The molecule has 0 bridgehead atoms. The van der Waals surface area contributed by atoms with Crippen LogP contribution < -0.4 is 21.1 Å². The number of carbonyl (C=O) groups is 1. The number of carbonyl (C=O) groups excluding carboxylic acids is 1. The predicted octanol–water partition coefficient (Wildman–Crippen LogP) is -0.242. The minimum absolute atomic E-state index is 0.180. The summed E-state index contributed by atoms with van der Waals surface area (Å²) in [6, 6.07) is 3.41. The van der Waals surface area contributed by atoms with Gasteiger partial charge in [0.15, 0.2) is 0 Å². The van der Waals surface area contributed by atoms with Crippen molar-refractivity contribution < 1.29 is 9.53 Å². The van der Waals surface area contributed by atoms with Crippen LogP contribution in [0.2, 0.25) is 0 Å². The number of hydrogen-bond acceptors (Lipinski definition) is 5. The molecule has 6 heteroatoms. The van der Waals surface area contributed by atoms with E-state index in [0.29, 0.717) is 37.7 Å². The molecular formula is C12H20N4O2. The van der Waals surface area contributed by atoms with Crippen LogP contribution in [-0.4, -0.2) is 43.7 Å². The lowest BCUT2D eigenvalue weighted by Gasteiger charge is -2.09. The molecule has 1 heterocycles. The Morgan fingerprint density at radius 2 is 2.28 bits per heavy atom. The van der Waals surface area contributed by atoms with E-state index in [1.807, 2.05) is 6.92 Å². The zero-order chi connectivity index (χ0) is 13.2. The number of rotatable bonds is 8. The van der Waals surface area contributed by atoms with E-state index in [2.05, 4.69) is 15.6 Å². The van der Waals surface area contributed by atoms with Gasteiger partial charge in [0.2, 0.25) is 5.88 Å². The summed E-state index contributed by atoms with van der Waals surface area (Å²) < 4.78 is 5.30. The molecule has 0 aliphatic carbocycles. The molecule has 0 saturated heterocycles. The second kappa shape index (κ2) is 8.43. The number of aromatic nitrogens is 1. The summed E-state index contributed by atoms with van der Waals surface area (Å²) in [4.78, 5) is 15.9. The van der Waals surface area contributed by atoms with E-state index in [-0.39, 0.29) is 5.91 Å². The third-order valence-electron chi connectivity index (χ3n) is 2.21. The Morgan fingerprint density at radius 3 is 3.00 bits per heavy atom. The summed E-state index contributed by atoms with van der Waals surface area (Å²) in [6.45, 7) is 4.90. The van der Waals surface area contributed by atoms with Crippen LogP contribution in [0.1, 0.15) is 17.3 Å². The topological polar surface area (TPSA) is 89.3 Å². The molecule has 1 aromatic rings. The summed E-state index contributed by atoms with van der Waals surface area (Å²) in [6.07, 6.45) is 1.60. The lowest BCUT2D eigenvalue weighted by Crippen LogP contribution is -2.34. The minimum Gasteiger partial charge on any atom is -0.477 e. The zero-order valence-electron chi connectivity index (χ0n) is 10.6. The largest absolute Gasteiger partial charge is 0.477 e. The van der Waals surface area contributed by atoms with Crippen molar-refractivity contribution in [2.45, 2.75) is 6.92 Å². The first-order chi connectivity index (χ1) is 8.79. The highest BCUT2D eigenvalue weighted by atomic mass is 16.5. The van der Waals surface area contributed by atoms with Crippen LogP contribution in [0.4, 0.5) is 0 Å². The van der Waals surface area contributed by atoms with Crippen molar-refractivity contribution in [2.24, 2.45) is 5.73 Å². The molecule has 0 atom stereocenters. The second-order valence-electron chi connectivity index (χ2n) is 3.58. The van der Waals surface area contributed by atoms with Crippen LogP contribution >= 0.6 is 0 Å². The summed E-state index contributed by atoms with van der Waals surface area (Å²) in [7, 11) is 0. The maximum absolute atomic E-state index is 11.9. The summed E-state index contributed by atoms with van der Waals surface area (Å²) in [5, 5.41) is 5.89. The fraction of sp³-hybridized carbons (Fsp3) is 0.500. The normalized spacial score (nSPS) is 10.1. The molecule has 1 rings (SSSR count). The lowest BCUT2D eigenvalue weighted by molar-refractivity contribution is 0.0949. The van der Waals surface area contributed by atoms with E-state index < -0.39 is 0 Å². The third-order valence-corrected chi connectivity index (χ3v) is 2.21. The van der Waals surface area contributed by atoms with E-state index in [0.717, 1.165) is 6.54 Å². The van der Waals surface area contributed by atoms with Crippen molar-refractivity contribution in [2.75, 3.05) is 32.8 Å². The Kier molecular flexibility index (Phi) is 6.75. The number of pyridine rings is 1. The standard InChI is InChI=1S/C12H20N4O2/c1-2-18-12-10(4-3-6-16-12)11(17)15-9-8-14-7-5-13/h3-4,6,14H,2,5,7-9,13H2,1H3,(H,15,17). The first kappa shape index (κ1) is 14.4. The van der Waals surface area contributed by atoms with Gasteiger partial charge in [0.1, 0.15) is 5.56 Å². The van der Waals surface area contributed by atoms with E-state index >= 15 is 0 Å². The van der Waals surface area contributed by atoms with E-state index in [1.54, 1.807) is 18.3 Å². The Hall–Kier alpha value is -1.66. The van der Waals surface area contributed by atoms with Gasteiger partial charge in [-0.05, 0) is 19.1 Å². The molecular weight excluding hydrogens is 232 g/mol. The SMILES string of the molecule is CCOc1ncccc1C(=O)NCCNCCN. The van der Waals surface area contributed by atoms with Gasteiger partial charge < -0.3 is 21.1 Å². The van der Waals surface area contributed by atoms with Crippen LogP contribution in [0.5, 0.6) is 5.88 Å². The monoisotopic (exact) mass is 252 g/mol. The van der Waals surface area contributed by atoms with Gasteiger partial charge >= 0.3 is 0 Å². The van der Waals surface area contributed by atoms with Crippen LogP contribution in [0.3, 0.4) is 0 Å². The first-order valence-corrected chi connectivity index (χ1v) is 6.06. The Bertz CT molecular complexity index is 371. The van der Waals surface area contributed by atoms with Crippen molar-refractivity contribution in [1.82, 2.24) is 15.6 Å². The highest BCUT2D eigenvalue weighted by Crippen LogP contribution is 2.13. The van der Waals surface area contributed by atoms with Crippen LogP contribution in [-0.2, 0) is 0 Å². The van der Waals surface area contributed by atoms with E-state index in [4.69, 9.17) is 10.5 Å². The van der Waals surface area contributed by atoms with Crippen molar-refractivity contribution in [3.63, 3.8) is 0 Å². The van der Waals surface area contributed by atoms with Crippen molar-refractivity contribution in [3.8, 4) is 5.88 Å². The molecule has 0 aliphatic heterocycles. The molecule has 6 nitrogen and oxygen atoms in total. The molecule has 0 aromatic carbocycles. The number of hydrogen-bond donors (Lipinski definition) is 3. The average Bonchev–Trinajstić information content (AvgIpc) is 2.39. The number of amides is 1. The summed E-state index contributed by atoms with van der Waals surface area (Å²) in [5.41, 5.74) is 5.80. The van der Waals surface area contributed by atoms with Crippen LogP contribution in [0.25, 0.3) is 0 Å². The van der Waals surface area contributed by atoms with Gasteiger partial charge in [0.05, 0.1) is 6.61 Å². The maximum Gasteiger partial charge on any atom is 0.256 e. The third kappa shape index (κ3) is 4.68. The van der Waals surface area contributed by atoms with Crippen molar-refractivity contribution in [1.29, 1.82) is 0 Å². The van der Waals surface area contributed by atoms with Gasteiger partial charge in [-0.3, -0.25) is 4.79 Å². The van der Waals surface area contributed by atoms with Gasteiger partial charge in [-0.25, -0.2) is 4.98 Å². The number of nitrogens with zero attached hydrogens (tertiary/aromatic N) is 1. The Morgan fingerprint density at radius 1 is 1.44 bits per heavy atom. The van der Waals surface area contributed by atoms with Gasteiger partial charge in [0, 0.05) is 32.4 Å². The van der Waals surface area contributed by atoms with Crippen molar-refractivity contribution >= 4 is 5.91 Å². The van der Waals surface area contributed by atoms with Crippen molar-refractivity contribution in [3.05, 3.63) is 23.9 Å². The van der Waals surface area contributed by atoms with Gasteiger partial charge in [0.25, 0.3) is 5.91 Å². The smallest absolute Gasteiger partial charge is 0.256 e. The van der Waals surface area contributed by atoms with Crippen LogP contribution in [0, 0.1) is 0 Å². The van der Waals surface area contributed by atoms with Gasteiger partial charge in [-0.2, -0.15) is 0 Å². The molecule has 4 N–H and O–H groups in total. The molecule has 1 amide bonds. The molecule has 0 radical (unpaired) electrons. The Labute approximate surface area is 107 Å². The van der Waals surface area contributed by atoms with Gasteiger partial charge in [-0.1, -0.05) is 0 Å². The lowest BCUT2D eigenvalue weighted by atomic mass is 10.2. The van der Waals surface area contributed by atoms with Gasteiger partial charge in [-0.15, -0.1) is 0 Å². The van der Waals surface area contributed by atoms with E-state index in [1.165, 1.54) is 0 Å². The van der Waals surface area contributed by atoms with E-state index in [9.17, 15) is 4.79 Å². The first-order valence-electron chi connectivity index (χ1n) is 6.06. The summed E-state index contributed by atoms with van der Waals surface area (Å²) >= 11 is 0. The predicted molar refractivity (Wildman–Crippen MR) is 69.7 cm³/mol. The number of nitrogens with one attached hydrogen (secondary N) is 2. The number of nitrogens with two attached hydrogens (primary N) is 1. The Balaban J connectivity index is 2.45. The molecule has 0 fully saturated rings. The average molecular weight is 252 g/mol. The quantitative estimate of drug-likeness (QED) is 0.556. The molecule has 18 heavy (non-hydrogen) atoms. The molecule has 100 valence electrons. The highest BCUT2D eigenvalue weighted by Gasteiger charge is 2.12. The minimum atomic E-state index is -0.180. The fourth-order valence-corrected chi connectivity index (χ4v) is 1.40. The number of ether oxygens (including phenoxy) is 1.